The van der Waals surface area contributed by atoms with Crippen LogP contribution in [0.1, 0.15) is 5.56 Å². The van der Waals surface area contributed by atoms with Crippen LogP contribution in [0.2, 0.25) is 5.02 Å². The lowest BCUT2D eigenvalue weighted by Crippen LogP contribution is -1.97. The van der Waals surface area contributed by atoms with E-state index in [-0.39, 0.29) is 0 Å². The van der Waals surface area contributed by atoms with E-state index in [0.717, 1.165) is 27.9 Å². The number of nitrogens with one attached hydrogen (secondary N) is 1. The van der Waals surface area contributed by atoms with Crippen molar-refractivity contribution in [2.45, 2.75) is 6.61 Å². The van der Waals surface area contributed by atoms with Crippen molar-refractivity contribution in [1.82, 2.24) is 15.0 Å². The first kappa shape index (κ1) is 14.7. The van der Waals surface area contributed by atoms with Crippen LogP contribution in [0.25, 0.3) is 22.3 Å². The second-order valence-corrected chi connectivity index (χ2v) is 5.82. The minimum absolute atomic E-state index is 0.485. The maximum absolute atomic E-state index is 6.06. The van der Waals surface area contributed by atoms with E-state index >= 15 is 0 Å². The summed E-state index contributed by atoms with van der Waals surface area (Å²) in [5, 5.41) is 1.54. The largest absolute Gasteiger partial charge is 0.473 e. The SMILES string of the molecule is Clc1cnc2[nH]cc(-c3cccc(OCc4ccccc4)n3)c2c1. The zero-order chi connectivity index (χ0) is 16.4. The first-order chi connectivity index (χ1) is 11.8. The molecule has 4 nitrogen and oxygen atoms in total. The number of nitrogens with zero attached hydrogens (tertiary/aromatic N) is 2. The van der Waals surface area contributed by atoms with Crippen molar-refractivity contribution in [3.05, 3.63) is 77.6 Å². The smallest absolute Gasteiger partial charge is 0.214 e. The third-order valence-electron chi connectivity index (χ3n) is 3.73. The van der Waals surface area contributed by atoms with Crippen LogP contribution in [0.3, 0.4) is 0 Å². The van der Waals surface area contributed by atoms with Crippen LogP contribution in [0.5, 0.6) is 5.88 Å². The Morgan fingerprint density at radius 1 is 1.04 bits per heavy atom. The number of benzene rings is 1. The van der Waals surface area contributed by atoms with E-state index in [1.807, 2.05) is 60.8 Å². The van der Waals surface area contributed by atoms with Crippen LogP contribution in [0.15, 0.2) is 67.0 Å². The van der Waals surface area contributed by atoms with Gasteiger partial charge in [-0.3, -0.25) is 0 Å². The second-order valence-electron chi connectivity index (χ2n) is 5.39. The molecule has 3 heterocycles. The average molecular weight is 336 g/mol. The quantitative estimate of drug-likeness (QED) is 0.579. The number of hydrogen-bond acceptors (Lipinski definition) is 3. The molecule has 118 valence electrons. The van der Waals surface area contributed by atoms with Gasteiger partial charge in [-0.1, -0.05) is 48.0 Å². The van der Waals surface area contributed by atoms with Crippen molar-refractivity contribution in [2.75, 3.05) is 0 Å². The number of fused-ring (bicyclic) bond motifs is 1. The molecule has 0 aliphatic carbocycles. The van der Waals surface area contributed by atoms with Crippen molar-refractivity contribution in [3.8, 4) is 17.1 Å². The molecule has 4 rings (SSSR count). The summed E-state index contributed by atoms with van der Waals surface area (Å²) in [7, 11) is 0. The van der Waals surface area contributed by atoms with E-state index in [4.69, 9.17) is 16.3 Å². The van der Waals surface area contributed by atoms with Gasteiger partial charge in [-0.25, -0.2) is 9.97 Å². The van der Waals surface area contributed by atoms with Gasteiger partial charge < -0.3 is 9.72 Å². The molecule has 0 saturated heterocycles. The molecule has 3 aromatic heterocycles. The van der Waals surface area contributed by atoms with Crippen molar-refractivity contribution in [3.63, 3.8) is 0 Å². The van der Waals surface area contributed by atoms with Gasteiger partial charge >= 0.3 is 0 Å². The van der Waals surface area contributed by atoms with E-state index in [1.54, 1.807) is 6.20 Å². The molecule has 0 spiro atoms. The number of aromatic amines is 1. The Morgan fingerprint density at radius 3 is 2.79 bits per heavy atom. The average Bonchev–Trinajstić information content (AvgIpc) is 3.04. The van der Waals surface area contributed by atoms with Crippen LogP contribution in [-0.4, -0.2) is 15.0 Å². The molecule has 5 heteroatoms. The molecule has 1 N–H and O–H groups in total. The molecule has 0 radical (unpaired) electrons. The van der Waals surface area contributed by atoms with Gasteiger partial charge in [-0.05, 0) is 17.7 Å². The van der Waals surface area contributed by atoms with E-state index in [9.17, 15) is 0 Å². The molecule has 0 fully saturated rings. The topological polar surface area (TPSA) is 50.8 Å². The summed E-state index contributed by atoms with van der Waals surface area (Å²) < 4.78 is 5.80. The predicted octanol–water partition coefficient (Wildman–Crippen LogP) is 4.86. The first-order valence-corrected chi connectivity index (χ1v) is 7.94. The highest BCUT2D eigenvalue weighted by atomic mass is 35.5. The fourth-order valence-corrected chi connectivity index (χ4v) is 2.72. The van der Waals surface area contributed by atoms with Crippen LogP contribution in [-0.2, 0) is 6.61 Å². The maximum atomic E-state index is 6.06. The standard InChI is InChI=1S/C19H14ClN3O/c20-14-9-15-16(11-22-19(15)21-10-14)17-7-4-8-18(23-17)24-12-13-5-2-1-3-6-13/h1-11H,12H2,(H,21,22). The Balaban J connectivity index is 1.63. The Morgan fingerprint density at radius 2 is 1.92 bits per heavy atom. The minimum atomic E-state index is 0.485. The third-order valence-corrected chi connectivity index (χ3v) is 3.93. The summed E-state index contributed by atoms with van der Waals surface area (Å²) in [6.07, 6.45) is 3.51. The van der Waals surface area contributed by atoms with Crippen molar-refractivity contribution >= 4 is 22.6 Å². The van der Waals surface area contributed by atoms with Crippen molar-refractivity contribution < 1.29 is 4.74 Å². The fourth-order valence-electron chi connectivity index (χ4n) is 2.57. The highest BCUT2D eigenvalue weighted by Gasteiger charge is 2.10. The van der Waals surface area contributed by atoms with E-state index < -0.39 is 0 Å². The lowest BCUT2D eigenvalue weighted by molar-refractivity contribution is 0.294. The van der Waals surface area contributed by atoms with Crippen molar-refractivity contribution in [2.24, 2.45) is 0 Å². The molecule has 0 saturated carbocycles. The Kier molecular flexibility index (Phi) is 3.89. The summed E-state index contributed by atoms with van der Waals surface area (Å²) in [5.41, 5.74) is 3.65. The van der Waals surface area contributed by atoms with Crippen LogP contribution < -0.4 is 4.74 Å². The Bertz CT molecular complexity index is 982. The zero-order valence-corrected chi connectivity index (χ0v) is 13.5. The fraction of sp³-hybridized carbons (Fsp3) is 0.0526. The predicted molar refractivity (Wildman–Crippen MR) is 95.1 cm³/mol. The molecule has 0 unspecified atom stereocenters. The number of halogens is 1. The molecule has 0 atom stereocenters. The molecule has 0 aliphatic heterocycles. The maximum Gasteiger partial charge on any atom is 0.214 e. The van der Waals surface area contributed by atoms with E-state index in [1.165, 1.54) is 0 Å². The van der Waals surface area contributed by atoms with Crippen molar-refractivity contribution in [1.29, 1.82) is 0 Å². The van der Waals surface area contributed by atoms with Gasteiger partial charge in [0.2, 0.25) is 5.88 Å². The second kappa shape index (κ2) is 6.34. The summed E-state index contributed by atoms with van der Waals surface area (Å²) in [4.78, 5) is 12.0. The van der Waals surface area contributed by atoms with Gasteiger partial charge in [0.25, 0.3) is 0 Å². The number of H-pyrrole nitrogens is 1. The number of hydrogen-bond donors (Lipinski definition) is 1. The number of ether oxygens (including phenoxy) is 1. The van der Waals surface area contributed by atoms with Crippen LogP contribution in [0.4, 0.5) is 0 Å². The molecule has 1 aromatic carbocycles. The summed E-state index contributed by atoms with van der Waals surface area (Å²) in [6, 6.07) is 17.6. The Labute approximate surface area is 144 Å². The lowest BCUT2D eigenvalue weighted by Gasteiger charge is -2.07. The van der Waals surface area contributed by atoms with Gasteiger partial charge in [0.1, 0.15) is 12.3 Å². The molecule has 24 heavy (non-hydrogen) atoms. The highest BCUT2D eigenvalue weighted by molar-refractivity contribution is 6.31. The minimum Gasteiger partial charge on any atom is -0.473 e. The lowest BCUT2D eigenvalue weighted by atomic mass is 10.1. The monoisotopic (exact) mass is 335 g/mol. The van der Waals surface area contributed by atoms with Gasteiger partial charge in [0, 0.05) is 29.4 Å². The molecular weight excluding hydrogens is 322 g/mol. The van der Waals surface area contributed by atoms with Gasteiger partial charge in [0.05, 0.1) is 10.7 Å². The molecule has 4 aromatic rings. The number of aromatic nitrogens is 3. The van der Waals surface area contributed by atoms with E-state index in [0.29, 0.717) is 17.5 Å². The van der Waals surface area contributed by atoms with E-state index in [2.05, 4.69) is 15.0 Å². The third kappa shape index (κ3) is 2.96. The molecular formula is C19H14ClN3O. The van der Waals surface area contributed by atoms with Gasteiger partial charge in [-0.15, -0.1) is 0 Å². The molecule has 0 aliphatic rings. The normalized spacial score (nSPS) is 10.9. The van der Waals surface area contributed by atoms with Crippen LogP contribution in [0, 0.1) is 0 Å². The van der Waals surface area contributed by atoms with Gasteiger partial charge in [0.15, 0.2) is 0 Å². The number of pyridine rings is 2. The Hall–Kier alpha value is -2.85. The summed E-state index contributed by atoms with van der Waals surface area (Å²) >= 11 is 6.06. The molecule has 0 amide bonds. The number of rotatable bonds is 4. The highest BCUT2D eigenvalue weighted by Crippen LogP contribution is 2.29. The summed E-state index contributed by atoms with van der Waals surface area (Å²) in [6.45, 7) is 0.485. The van der Waals surface area contributed by atoms with Gasteiger partial charge in [-0.2, -0.15) is 0 Å². The van der Waals surface area contributed by atoms with Crippen LogP contribution >= 0.6 is 11.6 Å². The molecule has 0 bridgehead atoms. The first-order valence-electron chi connectivity index (χ1n) is 7.56. The zero-order valence-electron chi connectivity index (χ0n) is 12.7. The summed E-state index contributed by atoms with van der Waals surface area (Å²) in [5.74, 6) is 0.584.